The predicted molar refractivity (Wildman–Crippen MR) is 111 cm³/mol. The Balaban J connectivity index is 1.47. The van der Waals surface area contributed by atoms with E-state index in [2.05, 4.69) is 14.8 Å². The topological polar surface area (TPSA) is 121 Å². The van der Waals surface area contributed by atoms with E-state index in [0.29, 0.717) is 47.3 Å². The molecule has 1 aliphatic heterocycles. The van der Waals surface area contributed by atoms with Gasteiger partial charge in [0.05, 0.1) is 12.7 Å². The number of halogens is 2. The number of urea groups is 1. The van der Waals surface area contributed by atoms with Gasteiger partial charge in [0.15, 0.2) is 9.92 Å². The van der Waals surface area contributed by atoms with Crippen LogP contribution in [0.5, 0.6) is 5.88 Å². The van der Waals surface area contributed by atoms with Crippen LogP contribution in [0.2, 0.25) is 0 Å². The van der Waals surface area contributed by atoms with Crippen LogP contribution in [0.3, 0.4) is 0 Å². The molecule has 0 radical (unpaired) electrons. The predicted octanol–water partition coefficient (Wildman–Crippen LogP) is 2.29. The number of amides is 2. The van der Waals surface area contributed by atoms with E-state index < -0.39 is 22.1 Å². The lowest BCUT2D eigenvalue weighted by molar-refractivity contribution is 0.0165. The highest BCUT2D eigenvalue weighted by atomic mass is 32.2. The Hall–Kier alpha value is -2.57. The first kappa shape index (κ1) is 21.3. The van der Waals surface area contributed by atoms with Gasteiger partial charge in [-0.05, 0) is 41.5 Å². The van der Waals surface area contributed by atoms with Gasteiger partial charge in [-0.15, -0.1) is 4.36 Å². The second-order valence-electron chi connectivity index (χ2n) is 8.22. The highest BCUT2D eigenvalue weighted by molar-refractivity contribution is 7.91. The first-order valence-corrected chi connectivity index (χ1v) is 11.9. The van der Waals surface area contributed by atoms with Gasteiger partial charge in [-0.1, -0.05) is 0 Å². The zero-order chi connectivity index (χ0) is 22.6. The van der Waals surface area contributed by atoms with Crippen molar-refractivity contribution in [2.45, 2.75) is 55.8 Å². The van der Waals surface area contributed by atoms with Crippen molar-refractivity contribution in [1.82, 2.24) is 9.78 Å². The van der Waals surface area contributed by atoms with Gasteiger partial charge in [0.2, 0.25) is 5.88 Å². The molecule has 1 aromatic carbocycles. The first-order chi connectivity index (χ1) is 15.3. The van der Waals surface area contributed by atoms with Crippen molar-refractivity contribution >= 4 is 21.6 Å². The van der Waals surface area contributed by atoms with Crippen molar-refractivity contribution in [2.24, 2.45) is 9.50 Å². The van der Waals surface area contributed by atoms with Crippen LogP contribution >= 0.6 is 0 Å². The molecule has 2 unspecified atom stereocenters. The Kier molecular flexibility index (Phi) is 5.18. The molecule has 0 saturated heterocycles. The standard InChI is InChI=1S/C20H23F2N5O4S/c1-30-11-8-27-19(31-9-11)16(7-24-27)32(23,29)26-20(28)25-18-13-4-2-3-12(13)17(22)14-5-10(21)6-15(14)18/h7,10-11H,2-6,8-9H2,1H3,(H3,23,25,26,28,29)/t10-,11?,32?/m1/s1. The molecule has 3 aliphatic rings. The monoisotopic (exact) mass is 467 g/mol. The number of hydrogen-bond donors (Lipinski definition) is 2. The van der Waals surface area contributed by atoms with Gasteiger partial charge >= 0.3 is 6.03 Å². The number of carbonyl (C=O) groups excluding carboxylic acids is 1. The number of alkyl halides is 1. The molecule has 2 amide bonds. The number of aromatic nitrogens is 2. The van der Waals surface area contributed by atoms with Gasteiger partial charge in [-0.3, -0.25) is 0 Å². The molecule has 3 N–H and O–H groups in total. The van der Waals surface area contributed by atoms with Crippen LogP contribution < -0.4 is 15.2 Å². The fourth-order valence-corrected chi connectivity index (χ4v) is 5.71. The maximum atomic E-state index is 14.8. The van der Waals surface area contributed by atoms with E-state index in [-0.39, 0.29) is 42.1 Å². The maximum Gasteiger partial charge on any atom is 0.354 e. The summed E-state index contributed by atoms with van der Waals surface area (Å²) in [4.78, 5) is 12.7. The number of nitrogens with one attached hydrogen (secondary N) is 1. The molecule has 172 valence electrons. The first-order valence-electron chi connectivity index (χ1n) is 10.3. The van der Waals surface area contributed by atoms with Gasteiger partial charge in [-0.2, -0.15) is 5.10 Å². The lowest BCUT2D eigenvalue weighted by Crippen LogP contribution is -2.32. The van der Waals surface area contributed by atoms with Crippen molar-refractivity contribution in [3.05, 3.63) is 34.3 Å². The van der Waals surface area contributed by atoms with E-state index in [9.17, 15) is 17.8 Å². The molecule has 9 nitrogen and oxygen atoms in total. The third-order valence-corrected chi connectivity index (χ3v) is 7.56. The zero-order valence-corrected chi connectivity index (χ0v) is 18.2. The van der Waals surface area contributed by atoms with Crippen LogP contribution in [-0.2, 0) is 46.9 Å². The quantitative estimate of drug-likeness (QED) is 0.718. The van der Waals surface area contributed by atoms with E-state index in [1.165, 1.54) is 10.9 Å². The Labute approximate surface area is 183 Å². The molecule has 0 fully saturated rings. The van der Waals surface area contributed by atoms with E-state index in [1.54, 1.807) is 7.11 Å². The molecular weight excluding hydrogens is 444 g/mol. The summed E-state index contributed by atoms with van der Waals surface area (Å²) in [6, 6.07) is -0.951. The summed E-state index contributed by atoms with van der Waals surface area (Å²) in [5.41, 5.74) is 2.27. The van der Waals surface area contributed by atoms with E-state index in [0.717, 1.165) is 6.42 Å². The smallest absolute Gasteiger partial charge is 0.354 e. The van der Waals surface area contributed by atoms with Gasteiger partial charge in [-0.25, -0.2) is 27.6 Å². The highest BCUT2D eigenvalue weighted by Gasteiger charge is 2.34. The summed E-state index contributed by atoms with van der Waals surface area (Å²) in [6.07, 6.45) is 1.66. The van der Waals surface area contributed by atoms with E-state index in [4.69, 9.17) is 14.6 Å². The van der Waals surface area contributed by atoms with Gasteiger partial charge in [0.25, 0.3) is 0 Å². The van der Waals surface area contributed by atoms with Gasteiger partial charge in [0, 0.05) is 25.6 Å². The zero-order valence-electron chi connectivity index (χ0n) is 17.4. The molecule has 0 spiro atoms. The van der Waals surface area contributed by atoms with Crippen LogP contribution in [-0.4, -0.2) is 46.0 Å². The number of methoxy groups -OCH3 is 1. The number of hydrogen-bond acceptors (Lipinski definition) is 5. The minimum Gasteiger partial charge on any atom is -0.474 e. The van der Waals surface area contributed by atoms with Crippen LogP contribution in [0.4, 0.5) is 19.3 Å². The normalized spacial score (nSPS) is 23.0. The molecule has 32 heavy (non-hydrogen) atoms. The molecule has 2 heterocycles. The number of ether oxygens (including phenoxy) is 2. The Morgan fingerprint density at radius 3 is 2.88 bits per heavy atom. The summed E-state index contributed by atoms with van der Waals surface area (Å²) >= 11 is 0. The molecule has 0 bridgehead atoms. The number of benzene rings is 1. The summed E-state index contributed by atoms with van der Waals surface area (Å²) in [7, 11) is -2.14. The molecule has 12 heteroatoms. The lowest BCUT2D eigenvalue weighted by Gasteiger charge is -2.23. The Morgan fingerprint density at radius 2 is 2.09 bits per heavy atom. The third-order valence-electron chi connectivity index (χ3n) is 6.21. The second-order valence-corrected chi connectivity index (χ2v) is 9.98. The maximum absolute atomic E-state index is 14.8. The summed E-state index contributed by atoms with van der Waals surface area (Å²) in [6.45, 7) is 0.598. The van der Waals surface area contributed by atoms with Crippen molar-refractivity contribution in [2.75, 3.05) is 19.0 Å². The van der Waals surface area contributed by atoms with Crippen LogP contribution in [0.25, 0.3) is 0 Å². The molecule has 2 aromatic rings. The molecule has 1 aromatic heterocycles. The molecule has 0 saturated carbocycles. The SMILES string of the molecule is COC1COc2c(S(N)(=O)=NC(=O)Nc3c4c(c(F)c5c3C[C@H](F)C5)CCC4)cnn2C1. The van der Waals surface area contributed by atoms with E-state index in [1.807, 2.05) is 0 Å². The lowest BCUT2D eigenvalue weighted by atomic mass is 9.98. The fourth-order valence-electron chi connectivity index (χ4n) is 4.71. The number of rotatable bonds is 3. The molecule has 3 atom stereocenters. The number of fused-ring (bicyclic) bond motifs is 3. The number of carbonyl (C=O) groups is 1. The summed E-state index contributed by atoms with van der Waals surface area (Å²) < 4.78 is 58.0. The van der Waals surface area contributed by atoms with Gasteiger partial charge < -0.3 is 14.8 Å². The van der Waals surface area contributed by atoms with Crippen LogP contribution in [0.1, 0.15) is 28.7 Å². The number of nitrogens with two attached hydrogens (primary N) is 1. The Morgan fingerprint density at radius 1 is 1.34 bits per heavy atom. The highest BCUT2D eigenvalue weighted by Crippen LogP contribution is 2.41. The van der Waals surface area contributed by atoms with Crippen molar-refractivity contribution in [3.8, 4) is 5.88 Å². The van der Waals surface area contributed by atoms with E-state index >= 15 is 0 Å². The number of nitrogens with zero attached hydrogens (tertiary/aromatic N) is 3. The van der Waals surface area contributed by atoms with Gasteiger partial charge in [0.1, 0.15) is 29.6 Å². The summed E-state index contributed by atoms with van der Waals surface area (Å²) in [5.74, 6) is -0.200. The Bertz CT molecular complexity index is 1240. The van der Waals surface area contributed by atoms with Crippen molar-refractivity contribution in [3.63, 3.8) is 0 Å². The average molecular weight is 467 g/mol. The number of anilines is 1. The van der Waals surface area contributed by atoms with Crippen molar-refractivity contribution < 1.29 is 27.3 Å². The molecule has 5 rings (SSSR count). The van der Waals surface area contributed by atoms with Crippen LogP contribution in [0, 0.1) is 5.82 Å². The molecular formula is C20H23F2N5O4S. The summed E-state index contributed by atoms with van der Waals surface area (Å²) in [5, 5.41) is 12.6. The third kappa shape index (κ3) is 3.46. The van der Waals surface area contributed by atoms with Crippen molar-refractivity contribution in [1.29, 1.82) is 0 Å². The van der Waals surface area contributed by atoms with Crippen LogP contribution in [0.15, 0.2) is 15.5 Å². The average Bonchev–Trinajstić information content (AvgIpc) is 3.48. The largest absolute Gasteiger partial charge is 0.474 e. The second kappa shape index (κ2) is 7.78. The minimum atomic E-state index is -3.68. The minimum absolute atomic E-state index is 0.000546. The fraction of sp³-hybridized carbons (Fsp3) is 0.500. The molecule has 2 aliphatic carbocycles.